The summed E-state index contributed by atoms with van der Waals surface area (Å²) in [5, 5.41) is 2.94. The molecule has 1 amide bonds. The number of carbonyl (C=O) groups excluding carboxylic acids is 1. The van der Waals surface area contributed by atoms with Gasteiger partial charge in [-0.05, 0) is 52.7 Å². The number of nitrogens with one attached hydrogen (secondary N) is 1. The van der Waals surface area contributed by atoms with Crippen LogP contribution in [0.1, 0.15) is 23.2 Å². The van der Waals surface area contributed by atoms with Crippen molar-refractivity contribution in [3.05, 3.63) is 34.1 Å². The van der Waals surface area contributed by atoms with Gasteiger partial charge in [0.2, 0.25) is 0 Å². The Morgan fingerprint density at radius 1 is 1.53 bits per heavy atom. The SMILES string of the molecule is O=C(NC1CCCSC1)c1ccc(Br)c(F)c1. The maximum Gasteiger partial charge on any atom is 0.251 e. The summed E-state index contributed by atoms with van der Waals surface area (Å²) < 4.78 is 13.7. The van der Waals surface area contributed by atoms with Gasteiger partial charge < -0.3 is 5.32 Å². The van der Waals surface area contributed by atoms with E-state index in [4.69, 9.17) is 0 Å². The van der Waals surface area contributed by atoms with Crippen LogP contribution in [-0.4, -0.2) is 23.5 Å². The second-order valence-corrected chi connectivity index (χ2v) is 6.02. The molecule has 1 aromatic carbocycles. The lowest BCUT2D eigenvalue weighted by atomic mass is 10.1. The van der Waals surface area contributed by atoms with E-state index < -0.39 is 5.82 Å². The molecule has 1 unspecified atom stereocenters. The monoisotopic (exact) mass is 317 g/mol. The molecule has 1 heterocycles. The molecule has 0 spiro atoms. The summed E-state index contributed by atoms with van der Waals surface area (Å²) in [7, 11) is 0. The molecule has 1 N–H and O–H groups in total. The van der Waals surface area contributed by atoms with E-state index in [0.29, 0.717) is 10.0 Å². The van der Waals surface area contributed by atoms with E-state index in [1.54, 1.807) is 12.1 Å². The summed E-state index contributed by atoms with van der Waals surface area (Å²) in [5.41, 5.74) is 0.376. The highest BCUT2D eigenvalue weighted by molar-refractivity contribution is 9.10. The molecule has 1 aliphatic heterocycles. The third kappa shape index (κ3) is 3.45. The first-order chi connectivity index (χ1) is 8.16. The fourth-order valence-electron chi connectivity index (χ4n) is 1.76. The van der Waals surface area contributed by atoms with Crippen LogP contribution in [0, 0.1) is 5.82 Å². The van der Waals surface area contributed by atoms with E-state index in [-0.39, 0.29) is 11.9 Å². The number of thioether (sulfide) groups is 1. The van der Waals surface area contributed by atoms with Gasteiger partial charge in [-0.25, -0.2) is 4.39 Å². The maximum atomic E-state index is 13.3. The van der Waals surface area contributed by atoms with E-state index >= 15 is 0 Å². The summed E-state index contributed by atoms with van der Waals surface area (Å²) >= 11 is 4.92. The van der Waals surface area contributed by atoms with Crippen molar-refractivity contribution >= 4 is 33.6 Å². The molecule has 0 saturated carbocycles. The molecule has 17 heavy (non-hydrogen) atoms. The number of carbonyl (C=O) groups is 1. The number of benzene rings is 1. The van der Waals surface area contributed by atoms with Crippen LogP contribution in [0.2, 0.25) is 0 Å². The van der Waals surface area contributed by atoms with Gasteiger partial charge in [0.25, 0.3) is 5.91 Å². The molecule has 1 saturated heterocycles. The quantitative estimate of drug-likeness (QED) is 0.907. The fraction of sp³-hybridized carbons (Fsp3) is 0.417. The smallest absolute Gasteiger partial charge is 0.251 e. The zero-order valence-corrected chi connectivity index (χ0v) is 11.6. The van der Waals surface area contributed by atoms with Gasteiger partial charge >= 0.3 is 0 Å². The second kappa shape index (κ2) is 5.87. The molecule has 1 aromatic rings. The predicted molar refractivity (Wildman–Crippen MR) is 71.9 cm³/mol. The molecule has 0 radical (unpaired) electrons. The Labute approximate surface area is 112 Å². The lowest BCUT2D eigenvalue weighted by Crippen LogP contribution is -2.38. The number of rotatable bonds is 2. The summed E-state index contributed by atoms with van der Waals surface area (Å²) in [6.45, 7) is 0. The first-order valence-corrected chi connectivity index (χ1v) is 7.45. The number of hydrogen-bond donors (Lipinski definition) is 1. The summed E-state index contributed by atoms with van der Waals surface area (Å²) in [4.78, 5) is 11.9. The summed E-state index contributed by atoms with van der Waals surface area (Å²) in [5.74, 6) is 1.52. The molecule has 0 aromatic heterocycles. The van der Waals surface area contributed by atoms with Crippen molar-refractivity contribution < 1.29 is 9.18 Å². The van der Waals surface area contributed by atoms with Gasteiger partial charge in [0, 0.05) is 17.4 Å². The molecule has 0 aliphatic carbocycles. The third-order valence-electron chi connectivity index (χ3n) is 2.68. The van der Waals surface area contributed by atoms with Crippen LogP contribution in [0.25, 0.3) is 0 Å². The molecule has 92 valence electrons. The Morgan fingerprint density at radius 3 is 3.00 bits per heavy atom. The van der Waals surface area contributed by atoms with Gasteiger partial charge in [0.15, 0.2) is 0 Å². The number of hydrogen-bond acceptors (Lipinski definition) is 2. The van der Waals surface area contributed by atoms with E-state index in [9.17, 15) is 9.18 Å². The van der Waals surface area contributed by atoms with Crippen LogP contribution in [-0.2, 0) is 0 Å². The van der Waals surface area contributed by atoms with Crippen molar-refractivity contribution in [3.8, 4) is 0 Å². The van der Waals surface area contributed by atoms with E-state index in [1.807, 2.05) is 11.8 Å². The molecular formula is C12H13BrFNOS. The van der Waals surface area contributed by atoms with Crippen molar-refractivity contribution in [2.24, 2.45) is 0 Å². The average Bonchev–Trinajstić information content (AvgIpc) is 2.34. The molecular weight excluding hydrogens is 305 g/mol. The van der Waals surface area contributed by atoms with Gasteiger partial charge in [-0.1, -0.05) is 0 Å². The van der Waals surface area contributed by atoms with E-state index in [2.05, 4.69) is 21.2 Å². The van der Waals surface area contributed by atoms with Gasteiger partial charge in [-0.2, -0.15) is 11.8 Å². The van der Waals surface area contributed by atoms with Crippen LogP contribution in [0.3, 0.4) is 0 Å². The first-order valence-electron chi connectivity index (χ1n) is 5.50. The Hall–Kier alpha value is -0.550. The zero-order valence-electron chi connectivity index (χ0n) is 9.21. The Bertz CT molecular complexity index is 421. The Balaban J connectivity index is 2.01. The standard InChI is InChI=1S/C12H13BrFNOS/c13-10-4-3-8(6-11(10)14)12(16)15-9-2-1-5-17-7-9/h3-4,6,9H,1-2,5,7H2,(H,15,16). The average molecular weight is 318 g/mol. The van der Waals surface area contributed by atoms with Crippen LogP contribution in [0.4, 0.5) is 4.39 Å². The van der Waals surface area contributed by atoms with Crippen LogP contribution in [0.5, 0.6) is 0 Å². The highest BCUT2D eigenvalue weighted by atomic mass is 79.9. The number of halogens is 2. The normalized spacial score (nSPS) is 20.0. The highest BCUT2D eigenvalue weighted by Crippen LogP contribution is 2.19. The largest absolute Gasteiger partial charge is 0.348 e. The van der Waals surface area contributed by atoms with Crippen LogP contribution < -0.4 is 5.32 Å². The summed E-state index contributed by atoms with van der Waals surface area (Å²) in [6, 6.07) is 4.65. The van der Waals surface area contributed by atoms with Crippen molar-refractivity contribution in [3.63, 3.8) is 0 Å². The van der Waals surface area contributed by atoms with Crippen molar-refractivity contribution in [2.45, 2.75) is 18.9 Å². The molecule has 0 bridgehead atoms. The van der Waals surface area contributed by atoms with Crippen molar-refractivity contribution in [2.75, 3.05) is 11.5 Å². The summed E-state index contributed by atoms with van der Waals surface area (Å²) in [6.07, 6.45) is 2.14. The lowest BCUT2D eigenvalue weighted by Gasteiger charge is -2.22. The topological polar surface area (TPSA) is 29.1 Å². The van der Waals surface area contributed by atoms with Gasteiger partial charge in [0.1, 0.15) is 5.82 Å². The van der Waals surface area contributed by atoms with Gasteiger partial charge in [-0.3, -0.25) is 4.79 Å². The minimum Gasteiger partial charge on any atom is -0.348 e. The first kappa shape index (κ1) is 12.9. The van der Waals surface area contributed by atoms with Gasteiger partial charge in [0.05, 0.1) is 4.47 Å². The van der Waals surface area contributed by atoms with E-state index in [0.717, 1.165) is 18.6 Å². The lowest BCUT2D eigenvalue weighted by molar-refractivity contribution is 0.0938. The Kier molecular flexibility index (Phi) is 4.45. The molecule has 5 heteroatoms. The maximum absolute atomic E-state index is 13.3. The van der Waals surface area contributed by atoms with Gasteiger partial charge in [-0.15, -0.1) is 0 Å². The zero-order chi connectivity index (χ0) is 12.3. The fourth-order valence-corrected chi connectivity index (χ4v) is 3.08. The van der Waals surface area contributed by atoms with Crippen molar-refractivity contribution in [1.82, 2.24) is 5.32 Å². The second-order valence-electron chi connectivity index (χ2n) is 4.02. The van der Waals surface area contributed by atoms with Crippen molar-refractivity contribution in [1.29, 1.82) is 0 Å². The minimum atomic E-state index is -0.407. The highest BCUT2D eigenvalue weighted by Gasteiger charge is 2.17. The molecule has 1 atom stereocenters. The Morgan fingerprint density at radius 2 is 2.35 bits per heavy atom. The third-order valence-corrected chi connectivity index (χ3v) is 4.54. The molecule has 2 nitrogen and oxygen atoms in total. The van der Waals surface area contributed by atoms with Crippen LogP contribution in [0.15, 0.2) is 22.7 Å². The van der Waals surface area contributed by atoms with E-state index in [1.165, 1.54) is 11.8 Å². The molecule has 2 rings (SSSR count). The number of amides is 1. The molecule has 1 aliphatic rings. The molecule has 1 fully saturated rings. The van der Waals surface area contributed by atoms with Crippen LogP contribution >= 0.6 is 27.7 Å². The predicted octanol–water partition coefficient (Wildman–Crippen LogP) is 3.21. The minimum absolute atomic E-state index is 0.191.